The van der Waals surface area contributed by atoms with Gasteiger partial charge >= 0.3 is 0 Å². The summed E-state index contributed by atoms with van der Waals surface area (Å²) in [5.74, 6) is -0.0662. The Labute approximate surface area is 157 Å². The molecule has 0 fully saturated rings. The number of ether oxygens (including phenoxy) is 1. The Morgan fingerprint density at radius 3 is 2.70 bits per heavy atom. The molecule has 0 aliphatic heterocycles. The van der Waals surface area contributed by atoms with Crippen molar-refractivity contribution in [1.82, 2.24) is 4.98 Å². The molecule has 1 heterocycles. The van der Waals surface area contributed by atoms with Crippen molar-refractivity contribution < 1.29 is 13.9 Å². The highest BCUT2D eigenvalue weighted by molar-refractivity contribution is 6.04. The van der Waals surface area contributed by atoms with Crippen molar-refractivity contribution in [3.05, 3.63) is 77.2 Å². The van der Waals surface area contributed by atoms with Crippen LogP contribution < -0.4 is 10.1 Å². The van der Waals surface area contributed by atoms with Crippen LogP contribution in [0.15, 0.2) is 54.7 Å². The van der Waals surface area contributed by atoms with Crippen LogP contribution in [0.25, 0.3) is 11.3 Å². The van der Waals surface area contributed by atoms with Crippen molar-refractivity contribution in [2.45, 2.75) is 19.3 Å². The van der Waals surface area contributed by atoms with Crippen LogP contribution in [0.1, 0.15) is 27.9 Å². The van der Waals surface area contributed by atoms with E-state index in [1.807, 2.05) is 12.1 Å². The molecule has 0 bridgehead atoms. The molecule has 0 unspecified atom stereocenters. The third-order valence-corrected chi connectivity index (χ3v) is 4.82. The first kappa shape index (κ1) is 17.2. The number of halogens is 1. The number of hydrogen-bond acceptors (Lipinski definition) is 3. The molecule has 0 radical (unpaired) electrons. The van der Waals surface area contributed by atoms with E-state index in [4.69, 9.17) is 4.74 Å². The number of fused-ring (bicyclic) bond motifs is 1. The summed E-state index contributed by atoms with van der Waals surface area (Å²) in [6, 6.07) is 13.7. The van der Waals surface area contributed by atoms with Crippen molar-refractivity contribution in [1.29, 1.82) is 0 Å². The molecule has 1 aliphatic carbocycles. The Kier molecular flexibility index (Phi) is 4.59. The van der Waals surface area contributed by atoms with E-state index in [9.17, 15) is 9.18 Å². The molecule has 0 saturated carbocycles. The van der Waals surface area contributed by atoms with Gasteiger partial charge in [0.05, 0.1) is 18.4 Å². The third kappa shape index (κ3) is 3.53. The fourth-order valence-corrected chi connectivity index (χ4v) is 3.42. The van der Waals surface area contributed by atoms with Crippen LogP contribution in [-0.4, -0.2) is 18.0 Å². The number of anilines is 1. The van der Waals surface area contributed by atoms with Crippen LogP contribution >= 0.6 is 0 Å². The average Bonchev–Trinajstić information content (AvgIpc) is 3.16. The second-order valence-electron chi connectivity index (χ2n) is 6.57. The van der Waals surface area contributed by atoms with Gasteiger partial charge in [0.2, 0.25) is 0 Å². The van der Waals surface area contributed by atoms with Gasteiger partial charge in [-0.2, -0.15) is 0 Å². The van der Waals surface area contributed by atoms with E-state index in [1.54, 1.807) is 18.2 Å². The van der Waals surface area contributed by atoms with Crippen LogP contribution in [-0.2, 0) is 12.8 Å². The largest absolute Gasteiger partial charge is 0.496 e. The van der Waals surface area contributed by atoms with Crippen molar-refractivity contribution in [3.8, 4) is 17.0 Å². The van der Waals surface area contributed by atoms with Gasteiger partial charge in [0.25, 0.3) is 5.91 Å². The summed E-state index contributed by atoms with van der Waals surface area (Å²) < 4.78 is 18.8. The topological polar surface area (TPSA) is 51.2 Å². The molecule has 3 aromatic rings. The molecule has 4 nitrogen and oxygen atoms in total. The number of carbonyl (C=O) groups is 1. The lowest BCUT2D eigenvalue weighted by molar-refractivity contribution is 0.102. The minimum atomic E-state index is -0.369. The molecule has 5 heteroatoms. The SMILES string of the molecule is COc1ccc(F)cc1-c1ccc(C(=O)Nc2ccc3c(c2)CCC3)cn1. The molecule has 1 aromatic heterocycles. The number of benzene rings is 2. The standard InChI is InChI=1S/C22H19FN2O2/c1-27-21-10-7-17(23)12-19(21)20-9-6-16(13-24-20)22(26)25-18-8-5-14-3-2-4-15(14)11-18/h5-13H,2-4H2,1H3,(H,25,26). The number of nitrogens with zero attached hydrogens (tertiary/aromatic N) is 1. The second-order valence-corrected chi connectivity index (χ2v) is 6.57. The molecule has 27 heavy (non-hydrogen) atoms. The highest BCUT2D eigenvalue weighted by atomic mass is 19.1. The number of methoxy groups -OCH3 is 1. The molecular weight excluding hydrogens is 343 g/mol. The molecule has 1 aliphatic rings. The van der Waals surface area contributed by atoms with E-state index >= 15 is 0 Å². The van der Waals surface area contributed by atoms with Gasteiger partial charge in [-0.3, -0.25) is 9.78 Å². The molecule has 2 aromatic carbocycles. The predicted octanol–water partition coefficient (Wildman–Crippen LogP) is 4.64. The van der Waals surface area contributed by atoms with E-state index in [1.165, 1.54) is 43.0 Å². The predicted molar refractivity (Wildman–Crippen MR) is 103 cm³/mol. The fourth-order valence-electron chi connectivity index (χ4n) is 3.42. The molecule has 136 valence electrons. The van der Waals surface area contributed by atoms with Crippen LogP contribution in [0.5, 0.6) is 5.75 Å². The lowest BCUT2D eigenvalue weighted by Crippen LogP contribution is -2.12. The first-order valence-electron chi connectivity index (χ1n) is 8.87. The maximum absolute atomic E-state index is 13.6. The van der Waals surface area contributed by atoms with E-state index < -0.39 is 0 Å². The highest BCUT2D eigenvalue weighted by Crippen LogP contribution is 2.29. The molecule has 0 saturated heterocycles. The van der Waals surface area contributed by atoms with Gasteiger partial charge in [-0.05, 0) is 72.9 Å². The average molecular weight is 362 g/mol. The summed E-state index contributed by atoms with van der Waals surface area (Å²) >= 11 is 0. The zero-order valence-electron chi connectivity index (χ0n) is 15.0. The van der Waals surface area contributed by atoms with Crippen LogP contribution in [0.4, 0.5) is 10.1 Å². The van der Waals surface area contributed by atoms with Gasteiger partial charge in [-0.15, -0.1) is 0 Å². The number of pyridine rings is 1. The first-order valence-corrected chi connectivity index (χ1v) is 8.87. The number of amides is 1. The first-order chi connectivity index (χ1) is 13.1. The summed E-state index contributed by atoms with van der Waals surface area (Å²) in [7, 11) is 1.52. The minimum absolute atomic E-state index is 0.224. The Morgan fingerprint density at radius 2 is 1.93 bits per heavy atom. The zero-order chi connectivity index (χ0) is 18.8. The second kappa shape index (κ2) is 7.19. The van der Waals surface area contributed by atoms with Gasteiger partial charge in [0.15, 0.2) is 0 Å². The third-order valence-electron chi connectivity index (χ3n) is 4.82. The Bertz CT molecular complexity index is 1000. The van der Waals surface area contributed by atoms with Crippen molar-refractivity contribution in [2.24, 2.45) is 0 Å². The summed E-state index contributed by atoms with van der Waals surface area (Å²) in [6.45, 7) is 0. The Morgan fingerprint density at radius 1 is 1.07 bits per heavy atom. The van der Waals surface area contributed by atoms with Crippen LogP contribution in [0.2, 0.25) is 0 Å². The monoisotopic (exact) mass is 362 g/mol. The normalized spacial score (nSPS) is 12.5. The van der Waals surface area contributed by atoms with Crippen molar-refractivity contribution >= 4 is 11.6 Å². The number of rotatable bonds is 4. The highest BCUT2D eigenvalue weighted by Gasteiger charge is 2.14. The van der Waals surface area contributed by atoms with Crippen molar-refractivity contribution in [2.75, 3.05) is 12.4 Å². The van der Waals surface area contributed by atoms with Gasteiger partial charge in [-0.25, -0.2) is 4.39 Å². The van der Waals surface area contributed by atoms with Crippen molar-refractivity contribution in [3.63, 3.8) is 0 Å². The molecule has 4 rings (SSSR count). The lowest BCUT2D eigenvalue weighted by atomic mass is 10.1. The van der Waals surface area contributed by atoms with E-state index in [0.717, 1.165) is 18.5 Å². The van der Waals surface area contributed by atoms with Gasteiger partial charge in [0.1, 0.15) is 11.6 Å². The molecule has 0 atom stereocenters. The number of carbonyl (C=O) groups excluding carboxylic acids is 1. The zero-order valence-corrected chi connectivity index (χ0v) is 15.0. The Hall–Kier alpha value is -3.21. The van der Waals surface area contributed by atoms with Gasteiger partial charge in [-0.1, -0.05) is 6.07 Å². The fraction of sp³-hybridized carbons (Fsp3) is 0.182. The molecule has 1 amide bonds. The molecule has 1 N–H and O–H groups in total. The lowest BCUT2D eigenvalue weighted by Gasteiger charge is -2.10. The maximum Gasteiger partial charge on any atom is 0.257 e. The quantitative estimate of drug-likeness (QED) is 0.736. The Balaban J connectivity index is 1.54. The molecular formula is C22H19FN2O2. The molecule has 0 spiro atoms. The summed E-state index contributed by atoms with van der Waals surface area (Å²) in [6.07, 6.45) is 4.83. The summed E-state index contributed by atoms with van der Waals surface area (Å²) in [5, 5.41) is 2.92. The van der Waals surface area contributed by atoms with Crippen LogP contribution in [0.3, 0.4) is 0 Å². The number of aromatic nitrogens is 1. The minimum Gasteiger partial charge on any atom is -0.496 e. The summed E-state index contributed by atoms with van der Waals surface area (Å²) in [4.78, 5) is 16.8. The number of nitrogens with one attached hydrogen (secondary N) is 1. The van der Waals surface area contributed by atoms with Gasteiger partial charge in [0, 0.05) is 17.4 Å². The van der Waals surface area contributed by atoms with Crippen LogP contribution in [0, 0.1) is 5.82 Å². The smallest absolute Gasteiger partial charge is 0.257 e. The van der Waals surface area contributed by atoms with E-state index in [2.05, 4.69) is 16.4 Å². The number of hydrogen-bond donors (Lipinski definition) is 1. The maximum atomic E-state index is 13.6. The number of aryl methyl sites for hydroxylation is 2. The summed E-state index contributed by atoms with van der Waals surface area (Å²) in [5.41, 5.74) is 4.98. The van der Waals surface area contributed by atoms with E-state index in [-0.39, 0.29) is 11.7 Å². The van der Waals surface area contributed by atoms with Gasteiger partial charge < -0.3 is 10.1 Å². The van der Waals surface area contributed by atoms with E-state index in [0.29, 0.717) is 22.6 Å².